The molecule has 0 atom stereocenters. The summed E-state index contributed by atoms with van der Waals surface area (Å²) in [7, 11) is -4.46. The van der Waals surface area contributed by atoms with Crippen molar-refractivity contribution in [3.63, 3.8) is 0 Å². The molecule has 0 radical (unpaired) electrons. The van der Waals surface area contributed by atoms with Crippen LogP contribution in [0.15, 0.2) is 53.4 Å². The Labute approximate surface area is 300 Å². The van der Waals surface area contributed by atoms with Gasteiger partial charge < -0.3 is 9.80 Å². The summed E-state index contributed by atoms with van der Waals surface area (Å²) in [5.41, 5.74) is 10.8. The quantitative estimate of drug-likeness (QED) is 0.0840. The van der Waals surface area contributed by atoms with Crippen LogP contribution in [0.25, 0.3) is 0 Å². The number of unbranched alkanes of at least 4 members (excludes halogenated alkanes) is 4. The number of anilines is 2. The number of rotatable bonds is 22. The molecule has 0 heterocycles. The third-order valence-corrected chi connectivity index (χ3v) is 11.0. The van der Waals surface area contributed by atoms with Crippen molar-refractivity contribution in [1.82, 2.24) is 0 Å². The van der Waals surface area contributed by atoms with E-state index < -0.39 is 10.1 Å². The van der Waals surface area contributed by atoms with Crippen molar-refractivity contribution in [1.29, 1.82) is 0 Å². The van der Waals surface area contributed by atoms with Crippen LogP contribution in [0, 0.1) is 0 Å². The first-order chi connectivity index (χ1) is 23.6. The number of hydrogen-bond donors (Lipinski definition) is 1. The minimum absolute atomic E-state index is 0.0135. The Morgan fingerprint density at radius 2 is 0.878 bits per heavy atom. The molecule has 49 heavy (non-hydrogen) atoms. The van der Waals surface area contributed by atoms with Crippen molar-refractivity contribution in [3.8, 4) is 0 Å². The van der Waals surface area contributed by atoms with E-state index in [0.29, 0.717) is 5.56 Å². The average Bonchev–Trinajstić information content (AvgIpc) is 3.11. The number of aryl methyl sites for hydroxylation is 4. The van der Waals surface area contributed by atoms with Gasteiger partial charge in [0, 0.05) is 43.5 Å². The van der Waals surface area contributed by atoms with Crippen LogP contribution in [-0.2, 0) is 35.8 Å². The Balaban J connectivity index is 2.41. The lowest BCUT2D eigenvalue weighted by Crippen LogP contribution is -2.28. The van der Waals surface area contributed by atoms with Crippen LogP contribution in [0.1, 0.15) is 152 Å². The smallest absolute Gasteiger partial charge is 0.294 e. The van der Waals surface area contributed by atoms with E-state index in [-0.39, 0.29) is 10.8 Å². The number of benzene rings is 3. The van der Waals surface area contributed by atoms with Gasteiger partial charge in [0.15, 0.2) is 0 Å². The predicted molar refractivity (Wildman–Crippen MR) is 212 cm³/mol. The molecule has 0 saturated carbocycles. The Kier molecular flexibility index (Phi) is 16.7. The van der Waals surface area contributed by atoms with Gasteiger partial charge >= 0.3 is 0 Å². The first-order valence-electron chi connectivity index (χ1n) is 19.5. The van der Waals surface area contributed by atoms with Crippen LogP contribution in [-0.4, -0.2) is 39.1 Å². The van der Waals surface area contributed by atoms with Crippen LogP contribution in [0.2, 0.25) is 0 Å². The SMILES string of the molecule is CCCCN(CCCC)c1c(CC)cc(C(c2cc(CC)c(N(CCCC)CCCC)c(CC)c2)c2ccccc2S(=O)(=O)O)cc1CC. The fraction of sp³-hybridized carbons (Fsp3) is 0.581. The third kappa shape index (κ3) is 10.4. The maximum atomic E-state index is 12.9. The summed E-state index contributed by atoms with van der Waals surface area (Å²) in [6.45, 7) is 22.1. The summed E-state index contributed by atoms with van der Waals surface area (Å²) in [6, 6.07) is 16.4. The fourth-order valence-electron chi connectivity index (χ4n) is 7.37. The Morgan fingerprint density at radius 1 is 0.551 bits per heavy atom. The van der Waals surface area contributed by atoms with Crippen LogP contribution in [0.5, 0.6) is 0 Å². The molecule has 3 rings (SSSR count). The zero-order valence-electron chi connectivity index (χ0n) is 32.1. The first kappa shape index (κ1) is 40.6. The maximum Gasteiger partial charge on any atom is 0.294 e. The highest BCUT2D eigenvalue weighted by Crippen LogP contribution is 2.42. The molecular weight excluding hydrogens is 625 g/mol. The van der Waals surface area contributed by atoms with E-state index >= 15 is 0 Å². The second kappa shape index (κ2) is 20.1. The molecule has 0 saturated heterocycles. The van der Waals surface area contributed by atoms with E-state index in [1.165, 1.54) is 33.6 Å². The topological polar surface area (TPSA) is 60.9 Å². The van der Waals surface area contributed by atoms with Crippen molar-refractivity contribution in [2.24, 2.45) is 0 Å². The number of nitrogens with zero attached hydrogens (tertiary/aromatic N) is 2. The average molecular weight is 691 g/mol. The molecule has 0 bridgehead atoms. The molecule has 0 aliphatic heterocycles. The van der Waals surface area contributed by atoms with Crippen molar-refractivity contribution in [3.05, 3.63) is 87.5 Å². The summed E-state index contributed by atoms with van der Waals surface area (Å²) in [4.78, 5) is 5.20. The van der Waals surface area contributed by atoms with E-state index in [9.17, 15) is 13.0 Å². The molecule has 0 aliphatic carbocycles. The van der Waals surface area contributed by atoms with Gasteiger partial charge in [0.2, 0.25) is 0 Å². The van der Waals surface area contributed by atoms with Crippen molar-refractivity contribution in [2.45, 2.75) is 143 Å². The minimum Gasteiger partial charge on any atom is -0.371 e. The van der Waals surface area contributed by atoms with Gasteiger partial charge in [-0.3, -0.25) is 4.55 Å². The molecule has 5 nitrogen and oxygen atoms in total. The standard InChI is InChI=1S/C43H66N2O3S/c1-9-17-25-44(26-18-10-2)42-33(13-5)29-37(30-34(42)14-6)41(39-23-21-22-24-40(39)49(46,47)48)38-31-35(15-7)43(36(16-8)32-38)45(27-19-11-3)28-20-12-4/h21-24,29-32,41H,9-20,25-28H2,1-8H3,(H,46,47,48). The van der Waals surface area contributed by atoms with Gasteiger partial charge in [-0.25, -0.2) is 0 Å². The zero-order valence-corrected chi connectivity index (χ0v) is 32.9. The summed E-state index contributed by atoms with van der Waals surface area (Å²) < 4.78 is 36.4. The van der Waals surface area contributed by atoms with Gasteiger partial charge in [-0.15, -0.1) is 0 Å². The molecular formula is C43H66N2O3S. The van der Waals surface area contributed by atoms with E-state index in [1.54, 1.807) is 12.1 Å². The van der Waals surface area contributed by atoms with E-state index in [1.807, 2.05) is 12.1 Å². The minimum atomic E-state index is -4.46. The number of hydrogen-bond acceptors (Lipinski definition) is 4. The second-order valence-electron chi connectivity index (χ2n) is 13.6. The van der Waals surface area contributed by atoms with Crippen LogP contribution >= 0.6 is 0 Å². The molecule has 0 fully saturated rings. The van der Waals surface area contributed by atoms with Gasteiger partial charge in [0.05, 0.1) is 4.90 Å². The molecule has 0 unspecified atom stereocenters. The van der Waals surface area contributed by atoms with Crippen molar-refractivity contribution >= 4 is 21.5 Å². The van der Waals surface area contributed by atoms with E-state index in [4.69, 9.17) is 0 Å². The monoisotopic (exact) mass is 690 g/mol. The fourth-order valence-corrected chi connectivity index (χ4v) is 8.10. The van der Waals surface area contributed by atoms with Gasteiger partial charge in [0.25, 0.3) is 10.1 Å². The van der Waals surface area contributed by atoms with Crippen LogP contribution < -0.4 is 9.80 Å². The maximum absolute atomic E-state index is 12.9. The zero-order chi connectivity index (χ0) is 36.0. The highest BCUT2D eigenvalue weighted by Gasteiger charge is 2.29. The third-order valence-electron chi connectivity index (χ3n) is 10.0. The molecule has 0 amide bonds. The van der Waals surface area contributed by atoms with Gasteiger partial charge in [0.1, 0.15) is 0 Å². The van der Waals surface area contributed by atoms with Crippen molar-refractivity contribution in [2.75, 3.05) is 36.0 Å². The van der Waals surface area contributed by atoms with Gasteiger partial charge in [-0.05, 0) is 96.4 Å². The lowest BCUT2D eigenvalue weighted by atomic mass is 9.80. The first-order valence-corrected chi connectivity index (χ1v) is 20.9. The summed E-state index contributed by atoms with van der Waals surface area (Å²) >= 11 is 0. The summed E-state index contributed by atoms with van der Waals surface area (Å²) in [5, 5.41) is 0. The Bertz CT molecular complexity index is 1420. The summed E-state index contributed by atoms with van der Waals surface area (Å²) in [5.74, 6) is -0.355. The second-order valence-corrected chi connectivity index (χ2v) is 15.0. The Hall–Kier alpha value is -2.83. The van der Waals surface area contributed by atoms with Gasteiger partial charge in [-0.1, -0.05) is 124 Å². The molecule has 0 aromatic heterocycles. The molecule has 0 aliphatic rings. The lowest BCUT2D eigenvalue weighted by Gasteiger charge is -2.33. The molecule has 3 aromatic carbocycles. The van der Waals surface area contributed by atoms with Gasteiger partial charge in [-0.2, -0.15) is 8.42 Å². The molecule has 272 valence electrons. The molecule has 3 aromatic rings. The Morgan fingerprint density at radius 3 is 1.16 bits per heavy atom. The van der Waals surface area contributed by atoms with Crippen LogP contribution in [0.4, 0.5) is 11.4 Å². The van der Waals surface area contributed by atoms with Crippen LogP contribution in [0.3, 0.4) is 0 Å². The van der Waals surface area contributed by atoms with E-state index in [0.717, 1.165) is 114 Å². The van der Waals surface area contributed by atoms with E-state index in [2.05, 4.69) is 89.5 Å². The predicted octanol–water partition coefficient (Wildman–Crippen LogP) is 11.2. The molecule has 1 N–H and O–H groups in total. The van der Waals surface area contributed by atoms with Crippen molar-refractivity contribution < 1.29 is 13.0 Å². The molecule has 0 spiro atoms. The highest BCUT2D eigenvalue weighted by molar-refractivity contribution is 7.85. The largest absolute Gasteiger partial charge is 0.371 e. The lowest BCUT2D eigenvalue weighted by molar-refractivity contribution is 0.482. The molecule has 6 heteroatoms. The summed E-state index contributed by atoms with van der Waals surface area (Å²) in [6.07, 6.45) is 12.8. The highest BCUT2D eigenvalue weighted by atomic mass is 32.2. The normalized spacial score (nSPS) is 11.8.